The monoisotopic (exact) mass is 413 g/mol. The van der Waals surface area contributed by atoms with Crippen LogP contribution in [0.1, 0.15) is 21.9 Å². The molecule has 1 amide bonds. The zero-order valence-corrected chi connectivity index (χ0v) is 16.9. The molecule has 4 aromatic rings. The van der Waals surface area contributed by atoms with Gasteiger partial charge in [-0.3, -0.25) is 10.1 Å². The number of aryl methyl sites for hydroxylation is 2. The van der Waals surface area contributed by atoms with Crippen molar-refractivity contribution in [2.75, 3.05) is 12.4 Å². The van der Waals surface area contributed by atoms with Crippen LogP contribution in [-0.4, -0.2) is 32.8 Å². The second-order valence-corrected chi connectivity index (χ2v) is 7.58. The second-order valence-electron chi connectivity index (χ2n) is 6.15. The lowest BCUT2D eigenvalue weighted by Gasteiger charge is -2.08. The predicted molar refractivity (Wildman–Crippen MR) is 110 cm³/mol. The van der Waals surface area contributed by atoms with Crippen molar-refractivity contribution in [3.05, 3.63) is 58.5 Å². The summed E-state index contributed by atoms with van der Waals surface area (Å²) in [4.78, 5) is 21.6. The Morgan fingerprint density at radius 1 is 1.18 bits per heavy atom. The van der Waals surface area contributed by atoms with E-state index in [0.29, 0.717) is 10.9 Å². The Bertz CT molecular complexity index is 1200. The third kappa shape index (κ3) is 3.44. The Kier molecular flexibility index (Phi) is 4.74. The summed E-state index contributed by atoms with van der Waals surface area (Å²) in [6, 6.07) is 10.8. The molecule has 28 heavy (non-hydrogen) atoms. The number of ether oxygens (including phenoxy) is 1. The first kappa shape index (κ1) is 18.4. The van der Waals surface area contributed by atoms with Gasteiger partial charge < -0.3 is 4.74 Å². The van der Waals surface area contributed by atoms with E-state index in [1.807, 2.05) is 38.1 Å². The van der Waals surface area contributed by atoms with Gasteiger partial charge in [0.1, 0.15) is 11.4 Å². The smallest absolute Gasteiger partial charge is 0.277 e. The third-order valence-corrected chi connectivity index (χ3v) is 5.33. The van der Waals surface area contributed by atoms with Crippen molar-refractivity contribution < 1.29 is 9.53 Å². The summed E-state index contributed by atoms with van der Waals surface area (Å²) in [5, 5.41) is 7.89. The van der Waals surface area contributed by atoms with Crippen molar-refractivity contribution >= 4 is 44.2 Å². The highest BCUT2D eigenvalue weighted by Crippen LogP contribution is 2.29. The molecule has 0 bridgehead atoms. The van der Waals surface area contributed by atoms with Gasteiger partial charge in [0.15, 0.2) is 10.9 Å². The molecule has 142 valence electrons. The quantitative estimate of drug-likeness (QED) is 0.536. The van der Waals surface area contributed by atoms with E-state index >= 15 is 0 Å². The number of aromatic nitrogens is 4. The van der Waals surface area contributed by atoms with E-state index in [0.717, 1.165) is 27.4 Å². The minimum Gasteiger partial charge on any atom is -0.497 e. The highest BCUT2D eigenvalue weighted by atomic mass is 35.5. The Labute approximate surface area is 170 Å². The highest BCUT2D eigenvalue weighted by Gasteiger charge is 2.17. The van der Waals surface area contributed by atoms with E-state index < -0.39 is 5.91 Å². The summed E-state index contributed by atoms with van der Waals surface area (Å²) < 4.78 is 7.80. The van der Waals surface area contributed by atoms with Crippen molar-refractivity contribution in [1.29, 1.82) is 0 Å². The van der Waals surface area contributed by atoms with Crippen LogP contribution in [0, 0.1) is 13.8 Å². The lowest BCUT2D eigenvalue weighted by Crippen LogP contribution is -2.16. The average molecular weight is 414 g/mol. The molecule has 0 radical (unpaired) electrons. The van der Waals surface area contributed by atoms with Crippen LogP contribution in [0.15, 0.2) is 36.4 Å². The summed E-state index contributed by atoms with van der Waals surface area (Å²) in [5.41, 5.74) is 2.67. The first-order valence-electron chi connectivity index (χ1n) is 8.41. The van der Waals surface area contributed by atoms with Gasteiger partial charge in [-0.05, 0) is 50.2 Å². The van der Waals surface area contributed by atoms with Gasteiger partial charge in [0.05, 0.1) is 28.0 Å². The zero-order chi connectivity index (χ0) is 19.8. The molecular formula is C19H16ClN5O2S. The van der Waals surface area contributed by atoms with Crippen LogP contribution in [0.3, 0.4) is 0 Å². The maximum atomic E-state index is 12.8. The molecule has 3 heterocycles. The standard InChI is InChI=1S/C19H16ClN5O2S/c1-10-8-11(2)25(24-10)16-7-5-13(20)17(22-16)18(26)23-19-21-14-6-4-12(27-3)9-15(14)28-19/h4-9H,1-3H3,(H,21,23,26). The fraction of sp³-hybridized carbons (Fsp3) is 0.158. The van der Waals surface area contributed by atoms with Crippen LogP contribution in [0.4, 0.5) is 5.13 Å². The molecule has 3 aromatic heterocycles. The molecule has 0 spiro atoms. The summed E-state index contributed by atoms with van der Waals surface area (Å²) in [7, 11) is 1.61. The van der Waals surface area contributed by atoms with Crippen LogP contribution in [0.5, 0.6) is 5.75 Å². The number of methoxy groups -OCH3 is 1. The van der Waals surface area contributed by atoms with Gasteiger partial charge >= 0.3 is 0 Å². The van der Waals surface area contributed by atoms with E-state index in [9.17, 15) is 4.79 Å². The lowest BCUT2D eigenvalue weighted by molar-refractivity contribution is 0.102. The highest BCUT2D eigenvalue weighted by molar-refractivity contribution is 7.22. The van der Waals surface area contributed by atoms with Crippen LogP contribution in [-0.2, 0) is 0 Å². The van der Waals surface area contributed by atoms with Gasteiger partial charge in [-0.1, -0.05) is 22.9 Å². The molecule has 0 aliphatic heterocycles. The Morgan fingerprint density at radius 3 is 2.71 bits per heavy atom. The number of fused-ring (bicyclic) bond motifs is 1. The molecule has 0 fully saturated rings. The van der Waals surface area contributed by atoms with E-state index in [1.54, 1.807) is 23.9 Å². The predicted octanol–water partition coefficient (Wildman–Crippen LogP) is 4.41. The number of thiazole rings is 1. The Hall–Kier alpha value is -2.97. The number of rotatable bonds is 4. The molecular weight excluding hydrogens is 398 g/mol. The van der Waals surface area contributed by atoms with Gasteiger partial charge in [-0.25, -0.2) is 14.6 Å². The number of benzene rings is 1. The van der Waals surface area contributed by atoms with E-state index in [2.05, 4.69) is 20.4 Å². The van der Waals surface area contributed by atoms with Crippen LogP contribution in [0.2, 0.25) is 5.02 Å². The van der Waals surface area contributed by atoms with E-state index in [-0.39, 0.29) is 10.7 Å². The maximum Gasteiger partial charge on any atom is 0.277 e. The first-order valence-corrected chi connectivity index (χ1v) is 9.60. The van der Waals surface area contributed by atoms with Crippen molar-refractivity contribution in [3.63, 3.8) is 0 Å². The molecule has 7 nitrogen and oxygen atoms in total. The molecule has 0 unspecified atom stereocenters. The fourth-order valence-corrected chi connectivity index (χ4v) is 3.89. The summed E-state index contributed by atoms with van der Waals surface area (Å²) in [5.74, 6) is 0.824. The van der Waals surface area contributed by atoms with Crippen LogP contribution < -0.4 is 10.1 Å². The van der Waals surface area contributed by atoms with E-state index in [4.69, 9.17) is 16.3 Å². The van der Waals surface area contributed by atoms with Crippen molar-refractivity contribution in [2.24, 2.45) is 0 Å². The van der Waals surface area contributed by atoms with Crippen molar-refractivity contribution in [3.8, 4) is 11.6 Å². The van der Waals surface area contributed by atoms with Gasteiger partial charge in [0.25, 0.3) is 5.91 Å². The SMILES string of the molecule is COc1ccc2nc(NC(=O)c3nc(-n4nc(C)cc4C)ccc3Cl)sc2c1. The number of carbonyl (C=O) groups is 1. The Morgan fingerprint density at radius 2 is 2.00 bits per heavy atom. The lowest BCUT2D eigenvalue weighted by atomic mass is 10.3. The van der Waals surface area contributed by atoms with Gasteiger partial charge in [0.2, 0.25) is 0 Å². The van der Waals surface area contributed by atoms with Gasteiger partial charge in [-0.2, -0.15) is 5.10 Å². The number of nitrogens with zero attached hydrogens (tertiary/aromatic N) is 4. The summed E-state index contributed by atoms with van der Waals surface area (Å²) >= 11 is 7.57. The third-order valence-electron chi connectivity index (χ3n) is 4.09. The molecule has 0 aliphatic carbocycles. The zero-order valence-electron chi connectivity index (χ0n) is 15.4. The average Bonchev–Trinajstić information content (AvgIpc) is 3.22. The van der Waals surface area contributed by atoms with E-state index in [1.165, 1.54) is 11.3 Å². The summed E-state index contributed by atoms with van der Waals surface area (Å²) in [6.07, 6.45) is 0. The largest absolute Gasteiger partial charge is 0.497 e. The molecule has 0 saturated carbocycles. The number of amides is 1. The van der Waals surface area contributed by atoms with Crippen molar-refractivity contribution in [2.45, 2.75) is 13.8 Å². The maximum absolute atomic E-state index is 12.8. The number of anilines is 1. The minimum atomic E-state index is -0.431. The minimum absolute atomic E-state index is 0.114. The second kappa shape index (κ2) is 7.21. The number of nitrogens with one attached hydrogen (secondary N) is 1. The number of hydrogen-bond acceptors (Lipinski definition) is 6. The molecule has 0 saturated heterocycles. The molecule has 9 heteroatoms. The topological polar surface area (TPSA) is 81.9 Å². The van der Waals surface area contributed by atoms with Crippen molar-refractivity contribution in [1.82, 2.24) is 19.7 Å². The molecule has 0 atom stereocenters. The molecule has 1 aromatic carbocycles. The van der Waals surface area contributed by atoms with Gasteiger partial charge in [-0.15, -0.1) is 0 Å². The normalized spacial score (nSPS) is 11.0. The Balaban J connectivity index is 1.64. The van der Waals surface area contributed by atoms with Gasteiger partial charge in [0, 0.05) is 5.69 Å². The molecule has 1 N–H and O–H groups in total. The van der Waals surface area contributed by atoms with Crippen LogP contribution in [0.25, 0.3) is 16.0 Å². The molecule has 4 rings (SSSR count). The number of pyridine rings is 1. The number of halogens is 1. The summed E-state index contributed by atoms with van der Waals surface area (Å²) in [6.45, 7) is 3.82. The molecule has 0 aliphatic rings. The van der Waals surface area contributed by atoms with Crippen LogP contribution >= 0.6 is 22.9 Å². The number of hydrogen-bond donors (Lipinski definition) is 1. The first-order chi connectivity index (χ1) is 13.4. The fourth-order valence-electron chi connectivity index (χ4n) is 2.81. The number of carbonyl (C=O) groups excluding carboxylic acids is 1.